The number of nitrogens with one attached hydrogen (secondary N) is 1. The molecule has 0 radical (unpaired) electrons. The number of hydrogen-bond donors (Lipinski definition) is 1. The average molecular weight is 318 g/mol. The third-order valence-corrected chi connectivity index (χ3v) is 4.15. The molecule has 1 saturated heterocycles. The summed E-state index contributed by atoms with van der Waals surface area (Å²) in [4.78, 5) is 25.8. The van der Waals surface area contributed by atoms with Crippen LogP contribution in [0.4, 0.5) is 0 Å². The molecule has 0 spiro atoms. The average Bonchev–Trinajstić information content (AvgIpc) is 2.94. The Kier molecular flexibility index (Phi) is 7.07. The summed E-state index contributed by atoms with van der Waals surface area (Å²) >= 11 is 0. The summed E-state index contributed by atoms with van der Waals surface area (Å²) in [6.07, 6.45) is 3.01. The minimum absolute atomic E-state index is 0.000605. The van der Waals surface area contributed by atoms with Crippen molar-refractivity contribution in [2.24, 2.45) is 5.92 Å². The monoisotopic (exact) mass is 318 g/mol. The van der Waals surface area contributed by atoms with Crippen molar-refractivity contribution >= 4 is 11.8 Å². The fourth-order valence-corrected chi connectivity index (χ4v) is 2.86. The van der Waals surface area contributed by atoms with Crippen molar-refractivity contribution in [3.63, 3.8) is 0 Å². The Morgan fingerprint density at radius 1 is 1.30 bits per heavy atom. The zero-order valence-corrected chi connectivity index (χ0v) is 13.8. The predicted octanol–water partition coefficient (Wildman–Crippen LogP) is 1.62. The summed E-state index contributed by atoms with van der Waals surface area (Å²) in [6.45, 7) is 2.50. The molecule has 0 aliphatic carbocycles. The van der Waals surface area contributed by atoms with Crippen LogP contribution in [0.5, 0.6) is 0 Å². The van der Waals surface area contributed by atoms with Crippen LogP contribution < -0.4 is 5.32 Å². The Bertz CT molecular complexity index is 504. The molecular weight excluding hydrogens is 292 g/mol. The number of amides is 2. The topological polar surface area (TPSA) is 58.6 Å². The second-order valence-electron chi connectivity index (χ2n) is 5.97. The van der Waals surface area contributed by atoms with Gasteiger partial charge in [0.2, 0.25) is 11.8 Å². The van der Waals surface area contributed by atoms with Gasteiger partial charge in [-0.15, -0.1) is 0 Å². The molecule has 1 atom stereocenters. The lowest BCUT2D eigenvalue weighted by Crippen LogP contribution is -2.34. The van der Waals surface area contributed by atoms with Crippen LogP contribution >= 0.6 is 0 Å². The molecule has 1 aliphatic heterocycles. The Balaban J connectivity index is 1.65. The molecule has 5 nitrogen and oxygen atoms in total. The number of methoxy groups -OCH3 is 1. The van der Waals surface area contributed by atoms with E-state index in [2.05, 4.69) is 17.4 Å². The van der Waals surface area contributed by atoms with Crippen molar-refractivity contribution < 1.29 is 14.3 Å². The van der Waals surface area contributed by atoms with Crippen LogP contribution in [-0.2, 0) is 20.7 Å². The number of aryl methyl sites for hydroxylation is 1. The highest BCUT2D eigenvalue weighted by molar-refractivity contribution is 5.89. The largest absolute Gasteiger partial charge is 0.385 e. The maximum atomic E-state index is 12.2. The van der Waals surface area contributed by atoms with Gasteiger partial charge in [-0.05, 0) is 24.8 Å². The van der Waals surface area contributed by atoms with Gasteiger partial charge < -0.3 is 15.0 Å². The van der Waals surface area contributed by atoms with E-state index in [0.717, 1.165) is 19.3 Å². The number of carbonyl (C=O) groups excluding carboxylic acids is 2. The van der Waals surface area contributed by atoms with Gasteiger partial charge in [0, 0.05) is 39.8 Å². The van der Waals surface area contributed by atoms with Crippen molar-refractivity contribution in [1.29, 1.82) is 0 Å². The predicted molar refractivity (Wildman–Crippen MR) is 89.0 cm³/mol. The molecule has 1 aliphatic rings. The highest BCUT2D eigenvalue weighted by Gasteiger charge is 2.33. The first-order valence-corrected chi connectivity index (χ1v) is 8.29. The molecule has 0 aromatic heterocycles. The molecule has 2 rings (SSSR count). The molecule has 23 heavy (non-hydrogen) atoms. The molecule has 1 aromatic carbocycles. The van der Waals surface area contributed by atoms with E-state index in [0.29, 0.717) is 32.7 Å². The van der Waals surface area contributed by atoms with Gasteiger partial charge in [0.25, 0.3) is 0 Å². The molecule has 2 amide bonds. The fraction of sp³-hybridized carbons (Fsp3) is 0.556. The van der Waals surface area contributed by atoms with Crippen LogP contribution in [0, 0.1) is 5.92 Å². The Morgan fingerprint density at radius 2 is 2.09 bits per heavy atom. The van der Waals surface area contributed by atoms with E-state index in [9.17, 15) is 9.59 Å². The third kappa shape index (κ3) is 5.67. The van der Waals surface area contributed by atoms with Gasteiger partial charge in [-0.2, -0.15) is 0 Å². The molecule has 1 heterocycles. The number of rotatable bonds is 9. The first-order chi connectivity index (χ1) is 11.2. The fourth-order valence-electron chi connectivity index (χ4n) is 2.86. The number of benzene rings is 1. The standard InChI is InChI=1S/C18H26N2O3/c1-23-12-6-11-20-14-16(13-17(20)21)18(22)19-10-5-9-15-7-3-2-4-8-15/h2-4,7-8,16H,5-6,9-14H2,1H3,(H,19,22). The summed E-state index contributed by atoms with van der Waals surface area (Å²) < 4.78 is 5.00. The summed E-state index contributed by atoms with van der Waals surface area (Å²) in [5.74, 6) is -0.132. The zero-order chi connectivity index (χ0) is 16.5. The SMILES string of the molecule is COCCCN1CC(C(=O)NCCCc2ccccc2)CC1=O. The molecule has 1 fully saturated rings. The molecule has 0 bridgehead atoms. The minimum Gasteiger partial charge on any atom is -0.385 e. The third-order valence-electron chi connectivity index (χ3n) is 4.15. The Hall–Kier alpha value is -1.88. The van der Waals surface area contributed by atoms with Crippen LogP contribution in [-0.4, -0.2) is 50.1 Å². The van der Waals surface area contributed by atoms with Gasteiger partial charge in [0.05, 0.1) is 5.92 Å². The van der Waals surface area contributed by atoms with Gasteiger partial charge in [0.15, 0.2) is 0 Å². The van der Waals surface area contributed by atoms with Crippen LogP contribution in [0.2, 0.25) is 0 Å². The second-order valence-corrected chi connectivity index (χ2v) is 5.97. The summed E-state index contributed by atoms with van der Waals surface area (Å²) in [7, 11) is 1.65. The van der Waals surface area contributed by atoms with E-state index in [-0.39, 0.29) is 17.7 Å². The quantitative estimate of drug-likeness (QED) is 0.704. The van der Waals surface area contributed by atoms with Crippen molar-refractivity contribution in [3.05, 3.63) is 35.9 Å². The normalized spacial score (nSPS) is 17.5. The van der Waals surface area contributed by atoms with Gasteiger partial charge in [-0.3, -0.25) is 9.59 Å². The smallest absolute Gasteiger partial charge is 0.225 e. The molecular formula is C18H26N2O3. The number of ether oxygens (including phenoxy) is 1. The number of nitrogens with zero attached hydrogens (tertiary/aromatic N) is 1. The first-order valence-electron chi connectivity index (χ1n) is 8.29. The summed E-state index contributed by atoms with van der Waals surface area (Å²) in [5, 5.41) is 2.96. The van der Waals surface area contributed by atoms with Crippen LogP contribution in [0.15, 0.2) is 30.3 Å². The van der Waals surface area contributed by atoms with Gasteiger partial charge >= 0.3 is 0 Å². The van der Waals surface area contributed by atoms with Gasteiger partial charge in [0.1, 0.15) is 0 Å². The van der Waals surface area contributed by atoms with E-state index < -0.39 is 0 Å². The lowest BCUT2D eigenvalue weighted by molar-refractivity contribution is -0.129. The molecule has 1 unspecified atom stereocenters. The summed E-state index contributed by atoms with van der Waals surface area (Å²) in [6, 6.07) is 10.2. The van der Waals surface area contributed by atoms with E-state index in [1.54, 1.807) is 12.0 Å². The van der Waals surface area contributed by atoms with Crippen molar-refractivity contribution in [3.8, 4) is 0 Å². The van der Waals surface area contributed by atoms with E-state index in [1.807, 2.05) is 18.2 Å². The van der Waals surface area contributed by atoms with Crippen molar-refractivity contribution in [1.82, 2.24) is 10.2 Å². The number of hydrogen-bond acceptors (Lipinski definition) is 3. The zero-order valence-electron chi connectivity index (χ0n) is 13.8. The highest BCUT2D eigenvalue weighted by atomic mass is 16.5. The lowest BCUT2D eigenvalue weighted by atomic mass is 10.1. The Morgan fingerprint density at radius 3 is 2.83 bits per heavy atom. The van der Waals surface area contributed by atoms with E-state index >= 15 is 0 Å². The number of likely N-dealkylation sites (tertiary alicyclic amines) is 1. The van der Waals surface area contributed by atoms with Crippen molar-refractivity contribution in [2.75, 3.05) is 33.4 Å². The maximum absolute atomic E-state index is 12.2. The second kappa shape index (κ2) is 9.30. The lowest BCUT2D eigenvalue weighted by Gasteiger charge is -2.16. The highest BCUT2D eigenvalue weighted by Crippen LogP contribution is 2.18. The van der Waals surface area contributed by atoms with Crippen LogP contribution in [0.3, 0.4) is 0 Å². The minimum atomic E-state index is -0.207. The molecule has 1 aromatic rings. The first kappa shape index (κ1) is 17.5. The van der Waals surface area contributed by atoms with E-state index in [4.69, 9.17) is 4.74 Å². The summed E-state index contributed by atoms with van der Waals surface area (Å²) in [5.41, 5.74) is 1.28. The maximum Gasteiger partial charge on any atom is 0.225 e. The van der Waals surface area contributed by atoms with Crippen LogP contribution in [0.1, 0.15) is 24.8 Å². The molecule has 5 heteroatoms. The molecule has 1 N–H and O–H groups in total. The Labute approximate surface area is 138 Å². The molecule has 126 valence electrons. The molecule has 0 saturated carbocycles. The van der Waals surface area contributed by atoms with Gasteiger partial charge in [-0.25, -0.2) is 0 Å². The van der Waals surface area contributed by atoms with Gasteiger partial charge in [-0.1, -0.05) is 30.3 Å². The van der Waals surface area contributed by atoms with Crippen molar-refractivity contribution in [2.45, 2.75) is 25.7 Å². The van der Waals surface area contributed by atoms with Crippen LogP contribution in [0.25, 0.3) is 0 Å². The number of carbonyl (C=O) groups is 2. The van der Waals surface area contributed by atoms with E-state index in [1.165, 1.54) is 5.56 Å².